The largest absolute Gasteiger partial charge is 0.368 e. The highest BCUT2D eigenvalue weighted by molar-refractivity contribution is 5.77. The number of hydrogen-bond acceptors (Lipinski definition) is 4. The van der Waals surface area contributed by atoms with Crippen LogP contribution < -0.4 is 5.32 Å². The van der Waals surface area contributed by atoms with E-state index in [4.69, 9.17) is 14.2 Å². The Morgan fingerprint density at radius 3 is 2.61 bits per heavy atom. The first-order valence-corrected chi connectivity index (χ1v) is 6.90. The molecule has 2 aliphatic rings. The molecule has 104 valence electrons. The second kappa shape index (κ2) is 6.50. The third-order valence-electron chi connectivity index (χ3n) is 3.53. The van der Waals surface area contributed by atoms with Crippen molar-refractivity contribution >= 4 is 5.91 Å². The Kier molecular flexibility index (Phi) is 4.97. The minimum absolute atomic E-state index is 0.0227. The number of rotatable bonds is 5. The third-order valence-corrected chi connectivity index (χ3v) is 3.53. The lowest BCUT2D eigenvalue weighted by Crippen LogP contribution is -2.39. The van der Waals surface area contributed by atoms with E-state index in [1.807, 2.05) is 6.92 Å². The lowest BCUT2D eigenvalue weighted by Gasteiger charge is -2.35. The molecule has 1 amide bonds. The summed E-state index contributed by atoms with van der Waals surface area (Å²) >= 11 is 0. The number of carbonyl (C=O) groups excluding carboxylic acids is 1. The van der Waals surface area contributed by atoms with E-state index in [9.17, 15) is 4.79 Å². The molecule has 2 fully saturated rings. The molecule has 1 spiro atoms. The van der Waals surface area contributed by atoms with Gasteiger partial charge in [-0.25, -0.2) is 0 Å². The Balaban J connectivity index is 1.63. The summed E-state index contributed by atoms with van der Waals surface area (Å²) < 4.78 is 16.9. The van der Waals surface area contributed by atoms with Crippen LogP contribution in [0.3, 0.4) is 0 Å². The Bertz CT molecular complexity index is 266. The maximum atomic E-state index is 11.4. The highest BCUT2D eigenvalue weighted by Gasteiger charge is 2.40. The molecule has 2 rings (SSSR count). The Morgan fingerprint density at radius 2 is 2.00 bits per heavy atom. The average molecular weight is 257 g/mol. The fraction of sp³-hybridized carbons (Fsp3) is 0.923. The first-order chi connectivity index (χ1) is 8.74. The lowest BCUT2D eigenvalue weighted by molar-refractivity contribution is -0.191. The molecule has 18 heavy (non-hydrogen) atoms. The van der Waals surface area contributed by atoms with Crippen LogP contribution in [0.2, 0.25) is 0 Å². The van der Waals surface area contributed by atoms with E-state index in [-0.39, 0.29) is 24.4 Å². The molecule has 1 aliphatic heterocycles. The van der Waals surface area contributed by atoms with Crippen LogP contribution in [0.4, 0.5) is 0 Å². The highest BCUT2D eigenvalue weighted by Crippen LogP contribution is 2.36. The molecule has 1 saturated carbocycles. The van der Waals surface area contributed by atoms with Gasteiger partial charge in [0.25, 0.3) is 0 Å². The first kappa shape index (κ1) is 13.8. The average Bonchev–Trinajstić information content (AvgIpc) is 2.84. The van der Waals surface area contributed by atoms with Crippen molar-refractivity contribution in [3.8, 4) is 0 Å². The van der Waals surface area contributed by atoms with E-state index in [1.54, 1.807) is 0 Å². The lowest BCUT2D eigenvalue weighted by atomic mass is 9.92. The van der Waals surface area contributed by atoms with Crippen molar-refractivity contribution in [2.24, 2.45) is 0 Å². The van der Waals surface area contributed by atoms with E-state index in [0.717, 1.165) is 38.6 Å². The minimum atomic E-state index is -0.343. The predicted molar refractivity (Wildman–Crippen MR) is 66.1 cm³/mol. The van der Waals surface area contributed by atoms with E-state index in [0.29, 0.717) is 13.2 Å². The summed E-state index contributed by atoms with van der Waals surface area (Å²) in [5.74, 6) is -0.366. The van der Waals surface area contributed by atoms with Gasteiger partial charge in [-0.15, -0.1) is 0 Å². The Labute approximate surface area is 108 Å². The molecule has 0 aromatic heterocycles. The van der Waals surface area contributed by atoms with E-state index >= 15 is 0 Å². The SMILES string of the molecule is CCCNC(=O)COC1CCC2(CC1)OCCO2. The van der Waals surface area contributed by atoms with Gasteiger partial charge in [-0.2, -0.15) is 0 Å². The van der Waals surface area contributed by atoms with Gasteiger partial charge in [-0.3, -0.25) is 4.79 Å². The van der Waals surface area contributed by atoms with E-state index in [2.05, 4.69) is 5.32 Å². The summed E-state index contributed by atoms with van der Waals surface area (Å²) in [6.45, 7) is 4.32. The molecule has 0 atom stereocenters. The molecule has 1 saturated heterocycles. The van der Waals surface area contributed by atoms with Crippen LogP contribution in [0.25, 0.3) is 0 Å². The van der Waals surface area contributed by atoms with Crippen LogP contribution in [0.5, 0.6) is 0 Å². The molecular weight excluding hydrogens is 234 g/mol. The number of hydrogen-bond donors (Lipinski definition) is 1. The van der Waals surface area contributed by atoms with Gasteiger partial charge >= 0.3 is 0 Å². The second-order valence-corrected chi connectivity index (χ2v) is 4.97. The zero-order valence-electron chi connectivity index (χ0n) is 11.1. The fourth-order valence-electron chi connectivity index (χ4n) is 2.49. The normalized spacial score (nSPS) is 23.4. The van der Waals surface area contributed by atoms with Crippen molar-refractivity contribution in [1.29, 1.82) is 0 Å². The van der Waals surface area contributed by atoms with Gasteiger partial charge in [-0.1, -0.05) is 6.92 Å². The monoisotopic (exact) mass is 257 g/mol. The molecule has 1 heterocycles. The maximum Gasteiger partial charge on any atom is 0.246 e. The molecule has 0 aromatic rings. The van der Waals surface area contributed by atoms with E-state index in [1.165, 1.54) is 0 Å². The van der Waals surface area contributed by atoms with Crippen LogP contribution in [0.1, 0.15) is 39.0 Å². The van der Waals surface area contributed by atoms with Gasteiger partial charge in [0.15, 0.2) is 5.79 Å². The number of nitrogens with one attached hydrogen (secondary N) is 1. The first-order valence-electron chi connectivity index (χ1n) is 6.90. The summed E-state index contributed by atoms with van der Waals surface area (Å²) in [4.78, 5) is 11.4. The minimum Gasteiger partial charge on any atom is -0.368 e. The van der Waals surface area contributed by atoms with Crippen molar-refractivity contribution in [1.82, 2.24) is 5.32 Å². The van der Waals surface area contributed by atoms with Gasteiger partial charge < -0.3 is 19.5 Å². The Morgan fingerprint density at radius 1 is 1.33 bits per heavy atom. The summed E-state index contributed by atoms with van der Waals surface area (Å²) in [6, 6.07) is 0. The molecule has 0 bridgehead atoms. The highest BCUT2D eigenvalue weighted by atomic mass is 16.7. The van der Waals surface area contributed by atoms with Crippen LogP contribution in [0.15, 0.2) is 0 Å². The van der Waals surface area contributed by atoms with Gasteiger partial charge in [-0.05, 0) is 19.3 Å². The summed E-state index contributed by atoms with van der Waals surface area (Å²) in [5, 5.41) is 2.81. The Hall–Kier alpha value is -0.650. The van der Waals surface area contributed by atoms with Crippen molar-refractivity contribution in [3.05, 3.63) is 0 Å². The molecular formula is C13H23NO4. The van der Waals surface area contributed by atoms with Crippen LogP contribution in [-0.2, 0) is 19.0 Å². The van der Waals surface area contributed by atoms with Crippen molar-refractivity contribution in [2.45, 2.75) is 50.9 Å². The van der Waals surface area contributed by atoms with Crippen LogP contribution in [0, 0.1) is 0 Å². The van der Waals surface area contributed by atoms with Crippen molar-refractivity contribution in [3.63, 3.8) is 0 Å². The standard InChI is InChI=1S/C13H23NO4/c1-2-7-14-12(15)10-16-11-3-5-13(6-4-11)17-8-9-18-13/h11H,2-10H2,1H3,(H,14,15). The summed E-state index contributed by atoms with van der Waals surface area (Å²) in [5.41, 5.74) is 0. The molecule has 1 N–H and O–H groups in total. The molecule has 1 aliphatic carbocycles. The fourth-order valence-corrected chi connectivity index (χ4v) is 2.49. The number of ether oxygens (including phenoxy) is 3. The summed E-state index contributed by atoms with van der Waals surface area (Å²) in [7, 11) is 0. The van der Waals surface area contributed by atoms with Crippen LogP contribution in [-0.4, -0.2) is 44.2 Å². The smallest absolute Gasteiger partial charge is 0.246 e. The van der Waals surface area contributed by atoms with E-state index < -0.39 is 0 Å². The van der Waals surface area contributed by atoms with Gasteiger partial charge in [0.1, 0.15) is 6.61 Å². The maximum absolute atomic E-state index is 11.4. The third kappa shape index (κ3) is 3.67. The molecule has 5 nitrogen and oxygen atoms in total. The van der Waals surface area contributed by atoms with Gasteiger partial charge in [0, 0.05) is 19.4 Å². The van der Waals surface area contributed by atoms with Gasteiger partial charge in [0.2, 0.25) is 5.91 Å². The second-order valence-electron chi connectivity index (χ2n) is 4.97. The number of amides is 1. The van der Waals surface area contributed by atoms with Crippen molar-refractivity contribution in [2.75, 3.05) is 26.4 Å². The summed E-state index contributed by atoms with van der Waals surface area (Å²) in [6.07, 6.45) is 4.66. The molecule has 0 unspecified atom stereocenters. The molecule has 0 aromatic carbocycles. The molecule has 0 radical (unpaired) electrons. The van der Waals surface area contributed by atoms with Crippen LogP contribution >= 0.6 is 0 Å². The van der Waals surface area contributed by atoms with Gasteiger partial charge in [0.05, 0.1) is 19.3 Å². The topological polar surface area (TPSA) is 56.8 Å². The predicted octanol–water partition coefficient (Wildman–Crippen LogP) is 1.21. The number of carbonyl (C=O) groups is 1. The molecule has 5 heteroatoms. The zero-order chi connectivity index (χ0) is 12.8. The zero-order valence-corrected chi connectivity index (χ0v) is 11.1. The quantitative estimate of drug-likeness (QED) is 0.804. The van der Waals surface area contributed by atoms with Crippen molar-refractivity contribution < 1.29 is 19.0 Å².